The molecular weight excluding hydrogens is 380 g/mol. The number of imidazole rings is 1. The first-order valence-electron chi connectivity index (χ1n) is 10.7. The molecule has 3 aromatic heterocycles. The molecule has 0 spiro atoms. The number of fused-ring (bicyclic) bond motifs is 1. The van der Waals surface area contributed by atoms with Crippen molar-refractivity contribution in [3.63, 3.8) is 0 Å². The fourth-order valence-electron chi connectivity index (χ4n) is 4.15. The number of anilines is 1. The molecule has 1 aliphatic heterocycles. The maximum Gasteiger partial charge on any atom is 0.225 e. The monoisotopic (exact) mass is 406 g/mol. The number of carbonyl (C=O) groups excluding carboxylic acids is 1. The third-order valence-corrected chi connectivity index (χ3v) is 5.89. The Morgan fingerprint density at radius 1 is 1.17 bits per heavy atom. The number of aryl methyl sites for hydroxylation is 2. The third-order valence-electron chi connectivity index (χ3n) is 5.89. The molecule has 9 heteroatoms. The Balaban J connectivity index is 1.44. The van der Waals surface area contributed by atoms with Crippen LogP contribution in [0.2, 0.25) is 0 Å². The Morgan fingerprint density at radius 3 is 2.70 bits per heavy atom. The van der Waals surface area contributed by atoms with Gasteiger partial charge in [0.25, 0.3) is 0 Å². The number of hydrogen-bond donors (Lipinski definition) is 1. The van der Waals surface area contributed by atoms with Gasteiger partial charge in [-0.05, 0) is 39.5 Å². The van der Waals surface area contributed by atoms with Gasteiger partial charge in [-0.3, -0.25) is 4.79 Å². The van der Waals surface area contributed by atoms with Crippen LogP contribution in [-0.4, -0.2) is 59.4 Å². The second-order valence-corrected chi connectivity index (χ2v) is 8.14. The summed E-state index contributed by atoms with van der Waals surface area (Å²) in [4.78, 5) is 36.9. The summed E-state index contributed by atoms with van der Waals surface area (Å²) < 4.78 is 2.06. The van der Waals surface area contributed by atoms with Gasteiger partial charge in [-0.25, -0.2) is 24.9 Å². The van der Waals surface area contributed by atoms with Crippen molar-refractivity contribution in [2.75, 3.05) is 18.4 Å². The van der Waals surface area contributed by atoms with Crippen LogP contribution in [0.1, 0.15) is 38.4 Å². The maximum atomic E-state index is 12.5. The lowest BCUT2D eigenvalue weighted by Gasteiger charge is -2.33. The van der Waals surface area contributed by atoms with Gasteiger partial charge in [-0.1, -0.05) is 0 Å². The Kier molecular flexibility index (Phi) is 4.80. The highest BCUT2D eigenvalue weighted by Gasteiger charge is 2.35. The standard InChI is InChI=1S/C21H26N8O/c1-3-29-19(15-9-22-13(2)23-10-15)27-17-18(24-12-25-20(17)29)26-16-5-4-8-28(11-16)21(30)14-6-7-14/h9-10,12,14,16H,3-8,11H2,1-2H3,(H,24,25,26). The van der Waals surface area contributed by atoms with Crippen LogP contribution in [0.3, 0.4) is 0 Å². The fraction of sp³-hybridized carbons (Fsp3) is 0.524. The number of nitrogens with one attached hydrogen (secondary N) is 1. The zero-order valence-corrected chi connectivity index (χ0v) is 17.4. The molecule has 156 valence electrons. The quantitative estimate of drug-likeness (QED) is 0.694. The van der Waals surface area contributed by atoms with E-state index >= 15 is 0 Å². The van der Waals surface area contributed by atoms with Gasteiger partial charge in [0.05, 0.1) is 5.56 Å². The van der Waals surface area contributed by atoms with Crippen LogP contribution in [0.4, 0.5) is 5.82 Å². The van der Waals surface area contributed by atoms with Crippen LogP contribution in [0.5, 0.6) is 0 Å². The number of amides is 1. The van der Waals surface area contributed by atoms with Crippen LogP contribution >= 0.6 is 0 Å². The molecule has 0 aromatic carbocycles. The minimum absolute atomic E-state index is 0.164. The fourth-order valence-corrected chi connectivity index (χ4v) is 4.15. The van der Waals surface area contributed by atoms with Gasteiger partial charge >= 0.3 is 0 Å². The Morgan fingerprint density at radius 2 is 1.97 bits per heavy atom. The molecule has 1 unspecified atom stereocenters. The molecular formula is C21H26N8O. The molecule has 3 aromatic rings. The zero-order chi connectivity index (χ0) is 20.7. The molecule has 30 heavy (non-hydrogen) atoms. The van der Waals surface area contributed by atoms with Crippen LogP contribution in [0, 0.1) is 12.8 Å². The van der Waals surface area contributed by atoms with Crippen molar-refractivity contribution in [3.05, 3.63) is 24.5 Å². The molecule has 1 atom stereocenters. The average Bonchev–Trinajstić information content (AvgIpc) is 3.54. The number of carbonyl (C=O) groups is 1. The van der Waals surface area contributed by atoms with Crippen LogP contribution < -0.4 is 5.32 Å². The highest BCUT2D eigenvalue weighted by molar-refractivity contribution is 5.86. The first-order chi connectivity index (χ1) is 14.6. The summed E-state index contributed by atoms with van der Waals surface area (Å²) in [7, 11) is 0. The molecule has 2 aliphatic rings. The Hall–Kier alpha value is -3.10. The van der Waals surface area contributed by atoms with E-state index in [0.29, 0.717) is 18.3 Å². The molecule has 1 N–H and O–H groups in total. The number of nitrogens with zero attached hydrogens (tertiary/aromatic N) is 7. The molecule has 4 heterocycles. The highest BCUT2D eigenvalue weighted by atomic mass is 16.2. The van der Waals surface area contributed by atoms with Crippen molar-refractivity contribution in [3.8, 4) is 11.4 Å². The number of aromatic nitrogens is 6. The van der Waals surface area contributed by atoms with Crippen LogP contribution in [0.25, 0.3) is 22.6 Å². The van der Waals surface area contributed by atoms with Gasteiger partial charge in [0.15, 0.2) is 17.0 Å². The summed E-state index contributed by atoms with van der Waals surface area (Å²) >= 11 is 0. The summed E-state index contributed by atoms with van der Waals surface area (Å²) in [6.45, 7) is 6.23. The van der Waals surface area contributed by atoms with Crippen molar-refractivity contribution < 1.29 is 4.79 Å². The van der Waals surface area contributed by atoms with Gasteiger partial charge in [-0.2, -0.15) is 0 Å². The molecule has 5 rings (SSSR count). The molecule has 1 saturated heterocycles. The molecule has 9 nitrogen and oxygen atoms in total. The molecule has 1 aliphatic carbocycles. The molecule has 1 saturated carbocycles. The first kappa shape index (κ1) is 18.9. The second-order valence-electron chi connectivity index (χ2n) is 8.14. The van der Waals surface area contributed by atoms with Crippen molar-refractivity contribution in [1.82, 2.24) is 34.4 Å². The number of rotatable bonds is 5. The lowest BCUT2D eigenvalue weighted by Crippen LogP contribution is -2.45. The summed E-state index contributed by atoms with van der Waals surface area (Å²) in [5, 5.41) is 3.54. The van der Waals surface area contributed by atoms with Gasteiger partial charge in [-0.15, -0.1) is 0 Å². The van der Waals surface area contributed by atoms with Crippen molar-refractivity contribution >= 4 is 22.9 Å². The van der Waals surface area contributed by atoms with E-state index in [2.05, 4.69) is 36.7 Å². The van der Waals surface area contributed by atoms with E-state index in [9.17, 15) is 4.79 Å². The predicted octanol–water partition coefficient (Wildman–Crippen LogP) is 2.42. The normalized spacial score (nSPS) is 19.3. The van der Waals surface area contributed by atoms with Crippen LogP contribution in [-0.2, 0) is 11.3 Å². The lowest BCUT2D eigenvalue weighted by atomic mass is 10.1. The van der Waals surface area contributed by atoms with Gasteiger partial charge in [0, 0.05) is 44.0 Å². The molecule has 1 amide bonds. The summed E-state index contributed by atoms with van der Waals surface area (Å²) in [5.41, 5.74) is 2.37. The number of hydrogen-bond acceptors (Lipinski definition) is 7. The van der Waals surface area contributed by atoms with Crippen molar-refractivity contribution in [2.45, 2.75) is 52.1 Å². The van der Waals surface area contributed by atoms with Crippen LogP contribution in [0.15, 0.2) is 18.7 Å². The zero-order valence-electron chi connectivity index (χ0n) is 17.4. The van der Waals surface area contributed by atoms with Gasteiger partial charge < -0.3 is 14.8 Å². The maximum absolute atomic E-state index is 12.5. The lowest BCUT2D eigenvalue weighted by molar-refractivity contribution is -0.133. The van der Waals surface area contributed by atoms with E-state index in [4.69, 9.17) is 4.98 Å². The minimum Gasteiger partial charge on any atom is -0.364 e. The van der Waals surface area contributed by atoms with E-state index in [1.807, 2.05) is 11.8 Å². The van der Waals surface area contributed by atoms with Crippen molar-refractivity contribution in [2.24, 2.45) is 5.92 Å². The van der Waals surface area contributed by atoms with E-state index in [1.54, 1.807) is 18.7 Å². The first-order valence-corrected chi connectivity index (χ1v) is 10.7. The molecule has 0 radical (unpaired) electrons. The number of likely N-dealkylation sites (tertiary alicyclic amines) is 1. The molecule has 2 fully saturated rings. The van der Waals surface area contributed by atoms with E-state index in [0.717, 1.165) is 67.1 Å². The summed E-state index contributed by atoms with van der Waals surface area (Å²) in [6.07, 6.45) is 9.24. The third kappa shape index (κ3) is 3.48. The second kappa shape index (κ2) is 7.62. The van der Waals surface area contributed by atoms with Gasteiger partial charge in [0.2, 0.25) is 5.91 Å². The smallest absolute Gasteiger partial charge is 0.225 e. The highest BCUT2D eigenvalue weighted by Crippen LogP contribution is 2.32. The number of piperidine rings is 1. The van der Waals surface area contributed by atoms with Crippen molar-refractivity contribution in [1.29, 1.82) is 0 Å². The van der Waals surface area contributed by atoms with E-state index in [-0.39, 0.29) is 12.0 Å². The Labute approximate surface area is 175 Å². The van der Waals surface area contributed by atoms with E-state index < -0.39 is 0 Å². The average molecular weight is 406 g/mol. The summed E-state index contributed by atoms with van der Waals surface area (Å²) in [6, 6.07) is 0.164. The van der Waals surface area contributed by atoms with E-state index in [1.165, 1.54) is 0 Å². The van der Waals surface area contributed by atoms with Gasteiger partial charge in [0.1, 0.15) is 18.0 Å². The topological polar surface area (TPSA) is 102 Å². The minimum atomic E-state index is 0.164. The predicted molar refractivity (Wildman–Crippen MR) is 113 cm³/mol. The summed E-state index contributed by atoms with van der Waals surface area (Å²) in [5.74, 6) is 2.79. The molecule has 0 bridgehead atoms. The Bertz CT molecular complexity index is 1070. The largest absolute Gasteiger partial charge is 0.364 e. The SMILES string of the molecule is CCn1c(-c2cnc(C)nc2)nc2c(NC3CCCN(C(=O)C4CC4)C3)ncnc21.